The van der Waals surface area contributed by atoms with Crippen LogP contribution in [0.3, 0.4) is 0 Å². The van der Waals surface area contributed by atoms with Gasteiger partial charge in [0.25, 0.3) is 0 Å². The fourth-order valence-corrected chi connectivity index (χ4v) is 2.57. The van der Waals surface area contributed by atoms with Gasteiger partial charge in [-0.25, -0.2) is 0 Å². The number of thioether (sulfide) groups is 1. The number of ketones is 1. The SMILES string of the molecule is CC(SCCN(C)C)C(=O)c1ccc(Cl)cc1. The van der Waals surface area contributed by atoms with Gasteiger partial charge in [-0.05, 0) is 45.3 Å². The Morgan fingerprint density at radius 1 is 1.35 bits per heavy atom. The van der Waals surface area contributed by atoms with E-state index in [9.17, 15) is 4.79 Å². The van der Waals surface area contributed by atoms with Crippen LogP contribution in [0.4, 0.5) is 0 Å². The highest BCUT2D eigenvalue weighted by Crippen LogP contribution is 2.18. The van der Waals surface area contributed by atoms with E-state index < -0.39 is 0 Å². The molecule has 94 valence electrons. The molecule has 0 saturated carbocycles. The number of Topliss-reactive ketones (excluding diaryl/α,β-unsaturated/α-hetero) is 1. The maximum Gasteiger partial charge on any atom is 0.175 e. The van der Waals surface area contributed by atoms with Crippen LogP contribution in [0.1, 0.15) is 17.3 Å². The Balaban J connectivity index is 2.49. The van der Waals surface area contributed by atoms with Gasteiger partial charge in [0.1, 0.15) is 0 Å². The summed E-state index contributed by atoms with van der Waals surface area (Å²) in [6.07, 6.45) is 0. The fraction of sp³-hybridized carbons (Fsp3) is 0.462. The van der Waals surface area contributed by atoms with Crippen LogP contribution in [0.15, 0.2) is 24.3 Å². The monoisotopic (exact) mass is 271 g/mol. The Kier molecular flexibility index (Phi) is 6.03. The van der Waals surface area contributed by atoms with Crippen molar-refractivity contribution < 1.29 is 4.79 Å². The maximum atomic E-state index is 12.1. The lowest BCUT2D eigenvalue weighted by Gasteiger charge is -2.13. The first-order valence-corrected chi connectivity index (χ1v) is 6.99. The van der Waals surface area contributed by atoms with E-state index in [1.165, 1.54) is 0 Å². The minimum absolute atomic E-state index is 0.00359. The van der Waals surface area contributed by atoms with E-state index in [4.69, 9.17) is 11.6 Å². The Morgan fingerprint density at radius 3 is 2.47 bits per heavy atom. The molecule has 1 unspecified atom stereocenters. The van der Waals surface area contributed by atoms with Gasteiger partial charge in [-0.2, -0.15) is 0 Å². The maximum absolute atomic E-state index is 12.1. The summed E-state index contributed by atoms with van der Waals surface area (Å²) in [7, 11) is 4.07. The molecule has 0 bridgehead atoms. The van der Waals surface area contributed by atoms with Crippen LogP contribution in [0.5, 0.6) is 0 Å². The van der Waals surface area contributed by atoms with E-state index in [1.807, 2.05) is 21.0 Å². The lowest BCUT2D eigenvalue weighted by molar-refractivity contribution is 0.0994. The van der Waals surface area contributed by atoms with Crippen molar-refractivity contribution in [1.29, 1.82) is 0 Å². The first-order valence-electron chi connectivity index (χ1n) is 5.57. The standard InChI is InChI=1S/C13H18ClNOS/c1-10(17-9-8-15(2)3)13(16)11-4-6-12(14)7-5-11/h4-7,10H,8-9H2,1-3H3. The molecule has 0 amide bonds. The van der Waals surface area contributed by atoms with Crippen molar-refractivity contribution in [2.45, 2.75) is 12.2 Å². The van der Waals surface area contributed by atoms with Gasteiger partial charge in [0, 0.05) is 22.9 Å². The zero-order chi connectivity index (χ0) is 12.8. The van der Waals surface area contributed by atoms with Crippen LogP contribution >= 0.6 is 23.4 Å². The predicted octanol–water partition coefficient (Wildman–Crippen LogP) is 3.21. The zero-order valence-corrected chi connectivity index (χ0v) is 12.0. The van der Waals surface area contributed by atoms with E-state index in [0.717, 1.165) is 17.9 Å². The van der Waals surface area contributed by atoms with Crippen molar-refractivity contribution in [2.75, 3.05) is 26.4 Å². The first kappa shape index (κ1) is 14.6. The molecule has 0 saturated heterocycles. The number of benzene rings is 1. The summed E-state index contributed by atoms with van der Waals surface area (Å²) in [6, 6.07) is 7.08. The van der Waals surface area contributed by atoms with Crippen molar-refractivity contribution in [2.24, 2.45) is 0 Å². The number of carbonyl (C=O) groups is 1. The molecule has 4 heteroatoms. The van der Waals surface area contributed by atoms with Gasteiger partial charge in [0.15, 0.2) is 5.78 Å². The van der Waals surface area contributed by atoms with Crippen LogP contribution in [-0.2, 0) is 0 Å². The molecule has 0 radical (unpaired) electrons. The summed E-state index contributed by atoms with van der Waals surface area (Å²) in [4.78, 5) is 14.2. The molecular formula is C13H18ClNOS. The van der Waals surface area contributed by atoms with Gasteiger partial charge < -0.3 is 4.90 Å². The third-order valence-corrected chi connectivity index (χ3v) is 3.79. The minimum Gasteiger partial charge on any atom is -0.309 e. The number of nitrogens with zero attached hydrogens (tertiary/aromatic N) is 1. The largest absolute Gasteiger partial charge is 0.309 e. The molecule has 17 heavy (non-hydrogen) atoms. The molecule has 0 aliphatic rings. The van der Waals surface area contributed by atoms with Gasteiger partial charge >= 0.3 is 0 Å². The van der Waals surface area contributed by atoms with Gasteiger partial charge in [-0.1, -0.05) is 11.6 Å². The van der Waals surface area contributed by atoms with Crippen LogP contribution < -0.4 is 0 Å². The zero-order valence-electron chi connectivity index (χ0n) is 10.4. The molecular weight excluding hydrogens is 254 g/mol. The number of hydrogen-bond donors (Lipinski definition) is 0. The number of rotatable bonds is 6. The predicted molar refractivity (Wildman–Crippen MR) is 76.3 cm³/mol. The molecule has 0 heterocycles. The molecule has 0 N–H and O–H groups in total. The number of carbonyl (C=O) groups excluding carboxylic acids is 1. The topological polar surface area (TPSA) is 20.3 Å². The lowest BCUT2D eigenvalue weighted by atomic mass is 10.1. The molecule has 1 rings (SSSR count). The summed E-state index contributed by atoms with van der Waals surface area (Å²) in [5.74, 6) is 1.14. The van der Waals surface area contributed by atoms with Crippen LogP contribution in [0, 0.1) is 0 Å². The Labute approximate surface area is 112 Å². The minimum atomic E-state index is -0.00359. The van der Waals surface area contributed by atoms with E-state index in [2.05, 4.69) is 4.90 Å². The second-order valence-electron chi connectivity index (χ2n) is 4.19. The highest BCUT2D eigenvalue weighted by atomic mass is 35.5. The molecule has 0 spiro atoms. The van der Waals surface area contributed by atoms with E-state index >= 15 is 0 Å². The molecule has 0 fully saturated rings. The fourth-order valence-electron chi connectivity index (χ4n) is 1.34. The second kappa shape index (κ2) is 7.04. The van der Waals surface area contributed by atoms with E-state index in [0.29, 0.717) is 5.02 Å². The smallest absolute Gasteiger partial charge is 0.175 e. The summed E-state index contributed by atoms with van der Waals surface area (Å²) in [6.45, 7) is 2.94. The summed E-state index contributed by atoms with van der Waals surface area (Å²) in [5.41, 5.74) is 0.735. The van der Waals surface area contributed by atoms with Crippen molar-refractivity contribution >= 4 is 29.1 Å². The van der Waals surface area contributed by atoms with Crippen molar-refractivity contribution in [3.63, 3.8) is 0 Å². The van der Waals surface area contributed by atoms with Crippen molar-refractivity contribution in [3.05, 3.63) is 34.9 Å². The van der Waals surface area contributed by atoms with Crippen LogP contribution in [-0.4, -0.2) is 42.3 Å². The molecule has 0 aliphatic carbocycles. The van der Waals surface area contributed by atoms with Crippen LogP contribution in [0.2, 0.25) is 5.02 Å². The van der Waals surface area contributed by atoms with Gasteiger partial charge in [-0.15, -0.1) is 11.8 Å². The quantitative estimate of drug-likeness (QED) is 0.741. The average Bonchev–Trinajstić information content (AvgIpc) is 2.28. The van der Waals surface area contributed by atoms with Crippen molar-refractivity contribution in [1.82, 2.24) is 4.90 Å². The molecule has 2 nitrogen and oxygen atoms in total. The van der Waals surface area contributed by atoms with Gasteiger partial charge in [-0.3, -0.25) is 4.79 Å². The summed E-state index contributed by atoms with van der Waals surface area (Å²) in [5, 5.41) is 0.658. The lowest BCUT2D eigenvalue weighted by Crippen LogP contribution is -2.19. The molecule has 1 aromatic rings. The third kappa shape index (κ3) is 5.11. The normalized spacial score (nSPS) is 12.8. The Morgan fingerprint density at radius 2 is 1.94 bits per heavy atom. The number of hydrogen-bond acceptors (Lipinski definition) is 3. The van der Waals surface area contributed by atoms with Gasteiger partial charge in [0.05, 0.1) is 5.25 Å². The average molecular weight is 272 g/mol. The molecule has 0 aliphatic heterocycles. The van der Waals surface area contributed by atoms with Crippen molar-refractivity contribution in [3.8, 4) is 0 Å². The summed E-state index contributed by atoms with van der Waals surface area (Å²) >= 11 is 7.48. The second-order valence-corrected chi connectivity index (χ2v) is 6.07. The number of halogens is 1. The molecule has 1 atom stereocenters. The van der Waals surface area contributed by atoms with Crippen LogP contribution in [0.25, 0.3) is 0 Å². The first-order chi connectivity index (χ1) is 8.00. The third-order valence-electron chi connectivity index (χ3n) is 2.40. The van der Waals surface area contributed by atoms with Gasteiger partial charge in [0.2, 0.25) is 0 Å². The molecule has 0 aromatic heterocycles. The molecule has 1 aromatic carbocycles. The highest BCUT2D eigenvalue weighted by molar-refractivity contribution is 8.00. The van der Waals surface area contributed by atoms with E-state index in [1.54, 1.807) is 36.0 Å². The summed E-state index contributed by atoms with van der Waals surface area (Å²) < 4.78 is 0. The van der Waals surface area contributed by atoms with E-state index in [-0.39, 0.29) is 11.0 Å². The Bertz CT molecular complexity index is 364. The Hall–Kier alpha value is -0.510. The highest BCUT2D eigenvalue weighted by Gasteiger charge is 2.15.